The van der Waals surface area contributed by atoms with Crippen LogP contribution >= 0.6 is 0 Å². The lowest BCUT2D eigenvalue weighted by atomic mass is 10.1. The van der Waals surface area contributed by atoms with Gasteiger partial charge in [0.2, 0.25) is 0 Å². The minimum absolute atomic E-state index is 0.324. The molecule has 0 bridgehead atoms. The molecule has 2 heterocycles. The molecule has 2 rings (SSSR count). The largest absolute Gasteiger partial charge is 0.462 e. The minimum atomic E-state index is -0.373. The van der Waals surface area contributed by atoms with Crippen molar-refractivity contribution >= 4 is 22.8 Å². The molecule has 0 saturated heterocycles. The Bertz CT molecular complexity index is 709. The van der Waals surface area contributed by atoms with Crippen molar-refractivity contribution in [2.45, 2.75) is 54.0 Å². The summed E-state index contributed by atoms with van der Waals surface area (Å²) in [7, 11) is 0. The maximum Gasteiger partial charge on any atom is 0.342 e. The molecule has 2 aromatic heterocycles. The molecular formula is C17H27N5O2. The summed E-state index contributed by atoms with van der Waals surface area (Å²) in [4.78, 5) is 17.0. The lowest BCUT2D eigenvalue weighted by Crippen LogP contribution is -2.15. The molecule has 0 aromatic carbocycles. The Morgan fingerprint density at radius 3 is 2.71 bits per heavy atom. The molecule has 0 fully saturated rings. The van der Waals surface area contributed by atoms with Gasteiger partial charge in [0.25, 0.3) is 0 Å². The molecule has 7 nitrogen and oxygen atoms in total. The van der Waals surface area contributed by atoms with Gasteiger partial charge in [-0.1, -0.05) is 32.4 Å². The molecule has 0 atom stereocenters. The van der Waals surface area contributed by atoms with Crippen molar-refractivity contribution in [1.29, 1.82) is 0 Å². The second-order valence-electron chi connectivity index (χ2n) is 6.29. The fourth-order valence-corrected chi connectivity index (χ4v) is 2.58. The first-order valence-corrected chi connectivity index (χ1v) is 8.64. The lowest BCUT2D eigenvalue weighted by Gasteiger charge is -2.14. The zero-order valence-corrected chi connectivity index (χ0v) is 15.2. The maximum atomic E-state index is 12.4. The van der Waals surface area contributed by atoms with Crippen LogP contribution in [-0.2, 0) is 11.3 Å². The van der Waals surface area contributed by atoms with Crippen molar-refractivity contribution in [2.75, 3.05) is 18.5 Å². The molecule has 1 N–H and O–H groups in total. The van der Waals surface area contributed by atoms with E-state index >= 15 is 0 Å². The topological polar surface area (TPSA) is 81.9 Å². The summed E-state index contributed by atoms with van der Waals surface area (Å²) in [6.07, 6.45) is 2.07. The number of fused-ring (bicyclic) bond motifs is 1. The smallest absolute Gasteiger partial charge is 0.342 e. The van der Waals surface area contributed by atoms with E-state index in [1.165, 1.54) is 0 Å². The summed E-state index contributed by atoms with van der Waals surface area (Å²) < 4.78 is 7.00. The van der Waals surface area contributed by atoms with Gasteiger partial charge in [-0.05, 0) is 26.2 Å². The summed E-state index contributed by atoms with van der Waals surface area (Å²) in [6.45, 7) is 11.8. The number of rotatable bonds is 8. The van der Waals surface area contributed by atoms with Crippen LogP contribution in [0.3, 0.4) is 0 Å². The fraction of sp³-hybridized carbons (Fsp3) is 0.647. The number of nitrogens with one attached hydrogen (secondary N) is 1. The van der Waals surface area contributed by atoms with Gasteiger partial charge in [0.1, 0.15) is 5.56 Å². The van der Waals surface area contributed by atoms with Crippen molar-refractivity contribution in [1.82, 2.24) is 20.0 Å². The Labute approximate surface area is 142 Å². The van der Waals surface area contributed by atoms with Crippen LogP contribution in [0.15, 0.2) is 0 Å². The number of aromatic nitrogens is 4. The zero-order chi connectivity index (χ0) is 17.7. The number of nitrogens with zero attached hydrogens (tertiary/aromatic N) is 4. The van der Waals surface area contributed by atoms with Gasteiger partial charge in [0, 0.05) is 13.1 Å². The standard InChI is InChI=1S/C17H27N5O2/c1-6-8-9-18-14-13(17(23)24-7-2)12(5)19-16-15(14)20-21-22(16)10-11(3)4/h11H,6-10H2,1-5H3,(H,18,19). The molecule has 0 aliphatic rings. The average Bonchev–Trinajstić information content (AvgIpc) is 2.89. The Morgan fingerprint density at radius 1 is 1.33 bits per heavy atom. The first-order valence-electron chi connectivity index (χ1n) is 8.64. The Hall–Kier alpha value is -2.18. The summed E-state index contributed by atoms with van der Waals surface area (Å²) in [5, 5.41) is 11.8. The number of unbranched alkanes of at least 4 members (excludes halogenated alkanes) is 1. The van der Waals surface area contributed by atoms with Gasteiger partial charge in [-0.3, -0.25) is 0 Å². The van der Waals surface area contributed by atoms with Crippen LogP contribution in [0.4, 0.5) is 5.69 Å². The number of hydrogen-bond acceptors (Lipinski definition) is 6. The Kier molecular flexibility index (Phi) is 6.11. The number of aryl methyl sites for hydroxylation is 1. The van der Waals surface area contributed by atoms with Crippen LogP contribution in [0, 0.1) is 12.8 Å². The second kappa shape index (κ2) is 8.08. The van der Waals surface area contributed by atoms with E-state index < -0.39 is 0 Å². The number of anilines is 1. The SMILES string of the molecule is CCCCNc1c(C(=O)OCC)c(C)nc2c1nnn2CC(C)C. The molecule has 0 unspecified atom stereocenters. The first-order chi connectivity index (χ1) is 11.5. The van der Waals surface area contributed by atoms with E-state index in [1.807, 2.05) is 6.92 Å². The van der Waals surface area contributed by atoms with E-state index in [9.17, 15) is 4.79 Å². The van der Waals surface area contributed by atoms with Gasteiger partial charge in [0.05, 0.1) is 18.0 Å². The Balaban J connectivity index is 2.56. The van der Waals surface area contributed by atoms with Crippen molar-refractivity contribution in [3.8, 4) is 0 Å². The van der Waals surface area contributed by atoms with Crippen LogP contribution in [-0.4, -0.2) is 39.1 Å². The maximum absolute atomic E-state index is 12.4. The number of pyridine rings is 1. The third-order valence-corrected chi connectivity index (χ3v) is 3.68. The molecule has 2 aromatic rings. The average molecular weight is 333 g/mol. The van der Waals surface area contributed by atoms with E-state index in [0.29, 0.717) is 40.6 Å². The van der Waals surface area contributed by atoms with Gasteiger partial charge >= 0.3 is 5.97 Å². The van der Waals surface area contributed by atoms with Crippen molar-refractivity contribution in [3.05, 3.63) is 11.3 Å². The second-order valence-corrected chi connectivity index (χ2v) is 6.29. The van der Waals surface area contributed by atoms with E-state index in [4.69, 9.17) is 4.74 Å². The van der Waals surface area contributed by atoms with Crippen LogP contribution in [0.5, 0.6) is 0 Å². The third-order valence-electron chi connectivity index (χ3n) is 3.68. The fourth-order valence-electron chi connectivity index (χ4n) is 2.58. The third kappa shape index (κ3) is 3.83. The van der Waals surface area contributed by atoms with E-state index in [2.05, 4.69) is 41.4 Å². The molecule has 0 aliphatic carbocycles. The molecule has 0 aliphatic heterocycles. The molecule has 24 heavy (non-hydrogen) atoms. The quantitative estimate of drug-likeness (QED) is 0.590. The highest BCUT2D eigenvalue weighted by Gasteiger charge is 2.23. The highest BCUT2D eigenvalue weighted by atomic mass is 16.5. The van der Waals surface area contributed by atoms with Gasteiger partial charge in [-0.2, -0.15) is 0 Å². The van der Waals surface area contributed by atoms with Crippen LogP contribution < -0.4 is 5.32 Å². The lowest BCUT2D eigenvalue weighted by molar-refractivity contribution is 0.0526. The molecule has 132 valence electrons. The number of ether oxygens (including phenoxy) is 1. The predicted octanol–water partition coefficient (Wildman–Crippen LogP) is 3.18. The molecular weight excluding hydrogens is 306 g/mol. The summed E-state index contributed by atoms with van der Waals surface area (Å²) >= 11 is 0. The molecule has 0 amide bonds. The number of esters is 1. The summed E-state index contributed by atoms with van der Waals surface area (Å²) in [6, 6.07) is 0. The molecule has 0 spiro atoms. The molecule has 7 heteroatoms. The van der Waals surface area contributed by atoms with Gasteiger partial charge < -0.3 is 10.1 Å². The highest BCUT2D eigenvalue weighted by Crippen LogP contribution is 2.28. The molecule has 0 saturated carbocycles. The normalized spacial score (nSPS) is 11.2. The summed E-state index contributed by atoms with van der Waals surface area (Å²) in [5.74, 6) is 0.0556. The van der Waals surface area contributed by atoms with Crippen LogP contribution in [0.2, 0.25) is 0 Å². The van der Waals surface area contributed by atoms with Crippen LogP contribution in [0.25, 0.3) is 11.2 Å². The summed E-state index contributed by atoms with van der Waals surface area (Å²) in [5.41, 5.74) is 3.09. The monoisotopic (exact) mass is 333 g/mol. The van der Waals surface area contributed by atoms with Gasteiger partial charge in [-0.25, -0.2) is 14.5 Å². The number of carbonyl (C=O) groups excluding carboxylic acids is 1. The van der Waals surface area contributed by atoms with Gasteiger partial charge in [-0.15, -0.1) is 5.10 Å². The molecule has 0 radical (unpaired) electrons. The van der Waals surface area contributed by atoms with E-state index in [0.717, 1.165) is 25.9 Å². The van der Waals surface area contributed by atoms with Crippen LogP contribution in [0.1, 0.15) is 56.6 Å². The van der Waals surface area contributed by atoms with E-state index in [1.54, 1.807) is 11.6 Å². The first kappa shape index (κ1) is 18.2. The minimum Gasteiger partial charge on any atom is -0.462 e. The van der Waals surface area contributed by atoms with Crippen molar-refractivity contribution < 1.29 is 9.53 Å². The van der Waals surface area contributed by atoms with E-state index in [-0.39, 0.29) is 5.97 Å². The zero-order valence-electron chi connectivity index (χ0n) is 15.2. The number of hydrogen-bond donors (Lipinski definition) is 1. The number of carbonyl (C=O) groups is 1. The predicted molar refractivity (Wildman–Crippen MR) is 94.3 cm³/mol. The van der Waals surface area contributed by atoms with Crippen molar-refractivity contribution in [2.24, 2.45) is 5.92 Å². The Morgan fingerprint density at radius 2 is 2.08 bits per heavy atom. The van der Waals surface area contributed by atoms with Crippen molar-refractivity contribution in [3.63, 3.8) is 0 Å². The highest BCUT2D eigenvalue weighted by molar-refractivity contribution is 6.04. The van der Waals surface area contributed by atoms with Gasteiger partial charge in [0.15, 0.2) is 11.2 Å².